The summed E-state index contributed by atoms with van der Waals surface area (Å²) in [4.78, 5) is 9.92. The summed E-state index contributed by atoms with van der Waals surface area (Å²) in [5.41, 5.74) is -0.0949. The van der Waals surface area contributed by atoms with Gasteiger partial charge in [-0.3, -0.25) is 0 Å². The molecule has 0 saturated carbocycles. The van der Waals surface area contributed by atoms with E-state index in [0.29, 0.717) is 0 Å². The molecule has 0 bridgehead atoms. The van der Waals surface area contributed by atoms with E-state index in [9.17, 15) is 4.79 Å². The summed E-state index contributed by atoms with van der Waals surface area (Å²) in [6, 6.07) is 0. The van der Waals surface area contributed by atoms with Crippen molar-refractivity contribution in [2.24, 2.45) is 0 Å². The maximum absolute atomic E-state index is 9.92. The fourth-order valence-electron chi connectivity index (χ4n) is 0.754. The van der Waals surface area contributed by atoms with Crippen molar-refractivity contribution in [3.05, 3.63) is 0 Å². The van der Waals surface area contributed by atoms with E-state index in [4.69, 9.17) is 5.11 Å². The lowest BCUT2D eigenvalue weighted by molar-refractivity contribution is 0.0816. The van der Waals surface area contributed by atoms with Crippen LogP contribution in [0.5, 0.6) is 0 Å². The molecule has 4 heteroatoms. The Hall–Kier alpha value is -0.380. The Morgan fingerprint density at radius 3 is 3.00 bits per heavy atom. The molecule has 1 N–H and O–H groups in total. The molecule has 1 rings (SSSR count). The van der Waals surface area contributed by atoms with Gasteiger partial charge in [0.1, 0.15) is 0 Å². The first-order valence-electron chi connectivity index (χ1n) is 2.80. The Bertz CT molecular complexity index is 109. The lowest BCUT2D eigenvalue weighted by atomic mass is 10.4. The number of rotatable bonds is 1. The van der Waals surface area contributed by atoms with E-state index in [2.05, 4.69) is 4.74 Å². The van der Waals surface area contributed by atoms with Gasteiger partial charge in [-0.05, 0) is 18.6 Å². The Balaban J connectivity index is 2.19. The zero-order valence-electron chi connectivity index (χ0n) is 4.87. The average Bonchev–Trinajstić information content (AvgIpc) is 2.15. The standard InChI is InChI=1S/C5H8O3S/c6-5(7)8-4-2-1-3-9-4/h4H,1-3H2,(H,6,7)/t4-/m1/s1. The molecule has 1 aliphatic rings. The van der Waals surface area contributed by atoms with Crippen molar-refractivity contribution < 1.29 is 14.6 Å². The predicted octanol–water partition coefficient (Wildman–Crippen LogP) is 1.53. The fraction of sp³-hybridized carbons (Fsp3) is 0.800. The van der Waals surface area contributed by atoms with Crippen LogP contribution < -0.4 is 0 Å². The predicted molar refractivity (Wildman–Crippen MR) is 34.6 cm³/mol. The third kappa shape index (κ3) is 2.13. The van der Waals surface area contributed by atoms with Gasteiger partial charge in [0.15, 0.2) is 5.44 Å². The average molecular weight is 148 g/mol. The van der Waals surface area contributed by atoms with Gasteiger partial charge >= 0.3 is 6.16 Å². The van der Waals surface area contributed by atoms with E-state index in [1.807, 2.05) is 0 Å². The number of hydrogen-bond donors (Lipinski definition) is 1. The van der Waals surface area contributed by atoms with Gasteiger partial charge in [0.2, 0.25) is 0 Å². The van der Waals surface area contributed by atoms with Crippen LogP contribution in [0, 0.1) is 0 Å². The van der Waals surface area contributed by atoms with Gasteiger partial charge in [-0.15, -0.1) is 11.8 Å². The Kier molecular flexibility index (Phi) is 2.22. The van der Waals surface area contributed by atoms with Crippen LogP contribution >= 0.6 is 11.8 Å². The quantitative estimate of drug-likeness (QED) is 0.573. The van der Waals surface area contributed by atoms with Crippen LogP contribution in [-0.2, 0) is 4.74 Å². The zero-order chi connectivity index (χ0) is 6.69. The Labute approximate surface area is 57.4 Å². The van der Waals surface area contributed by atoms with Gasteiger partial charge < -0.3 is 9.84 Å². The maximum atomic E-state index is 9.92. The molecule has 0 aromatic heterocycles. The molecule has 0 aromatic rings. The molecule has 3 nitrogen and oxygen atoms in total. The zero-order valence-corrected chi connectivity index (χ0v) is 5.69. The van der Waals surface area contributed by atoms with Crippen molar-refractivity contribution in [3.8, 4) is 0 Å². The van der Waals surface area contributed by atoms with E-state index in [-0.39, 0.29) is 5.44 Å². The Morgan fingerprint density at radius 2 is 2.56 bits per heavy atom. The fourth-order valence-corrected chi connectivity index (χ4v) is 1.83. The summed E-state index contributed by atoms with van der Waals surface area (Å²) in [6.07, 6.45) is 0.786. The lowest BCUT2D eigenvalue weighted by Gasteiger charge is -2.04. The van der Waals surface area contributed by atoms with Crippen LogP contribution in [0.1, 0.15) is 12.8 Å². The third-order valence-corrected chi connectivity index (χ3v) is 2.35. The highest BCUT2D eigenvalue weighted by Gasteiger charge is 2.18. The van der Waals surface area contributed by atoms with Crippen molar-refractivity contribution in [3.63, 3.8) is 0 Å². The first-order valence-corrected chi connectivity index (χ1v) is 3.85. The second-order valence-corrected chi connectivity index (χ2v) is 3.09. The van der Waals surface area contributed by atoms with Crippen molar-refractivity contribution in [1.82, 2.24) is 0 Å². The summed E-state index contributed by atoms with van der Waals surface area (Å²) >= 11 is 1.57. The van der Waals surface area contributed by atoms with Crippen LogP contribution in [0.4, 0.5) is 4.79 Å². The van der Waals surface area contributed by atoms with E-state index < -0.39 is 6.16 Å². The molecular weight excluding hydrogens is 140 g/mol. The highest BCUT2D eigenvalue weighted by Crippen LogP contribution is 2.26. The molecule has 0 aromatic carbocycles. The van der Waals surface area contributed by atoms with E-state index in [1.54, 1.807) is 11.8 Å². The topological polar surface area (TPSA) is 46.5 Å². The molecule has 52 valence electrons. The first-order chi connectivity index (χ1) is 4.29. The SMILES string of the molecule is O=C(O)O[C@H]1CCCS1. The maximum Gasteiger partial charge on any atom is 0.506 e. The number of carbonyl (C=O) groups is 1. The van der Waals surface area contributed by atoms with Crippen LogP contribution in [0.15, 0.2) is 0 Å². The normalized spacial score (nSPS) is 26.0. The van der Waals surface area contributed by atoms with Crippen LogP contribution in [0.25, 0.3) is 0 Å². The lowest BCUT2D eigenvalue weighted by Crippen LogP contribution is -2.08. The minimum atomic E-state index is -1.16. The van der Waals surface area contributed by atoms with Gasteiger partial charge in [0.25, 0.3) is 0 Å². The van der Waals surface area contributed by atoms with Crippen LogP contribution in [0.2, 0.25) is 0 Å². The highest BCUT2D eigenvalue weighted by molar-refractivity contribution is 8.00. The summed E-state index contributed by atoms with van der Waals surface area (Å²) < 4.78 is 4.49. The second-order valence-electron chi connectivity index (χ2n) is 1.83. The van der Waals surface area contributed by atoms with Crippen molar-refractivity contribution >= 4 is 17.9 Å². The van der Waals surface area contributed by atoms with Crippen molar-refractivity contribution in [1.29, 1.82) is 0 Å². The van der Waals surface area contributed by atoms with Gasteiger partial charge in [-0.2, -0.15) is 0 Å². The Morgan fingerprint density at radius 1 is 1.78 bits per heavy atom. The summed E-state index contributed by atoms with van der Waals surface area (Å²) in [5.74, 6) is 1.03. The molecule has 0 radical (unpaired) electrons. The molecule has 1 saturated heterocycles. The van der Waals surface area contributed by atoms with Crippen molar-refractivity contribution in [2.45, 2.75) is 18.3 Å². The van der Waals surface area contributed by atoms with Gasteiger partial charge in [-0.1, -0.05) is 0 Å². The molecule has 0 spiro atoms. The molecule has 0 aliphatic carbocycles. The second kappa shape index (κ2) is 2.96. The summed E-state index contributed by atoms with van der Waals surface area (Å²) in [7, 11) is 0. The third-order valence-electron chi connectivity index (χ3n) is 1.12. The molecule has 0 unspecified atom stereocenters. The van der Waals surface area contributed by atoms with Crippen LogP contribution in [-0.4, -0.2) is 22.5 Å². The number of thioether (sulfide) groups is 1. The van der Waals surface area contributed by atoms with Crippen molar-refractivity contribution in [2.75, 3.05) is 5.75 Å². The largest absolute Gasteiger partial charge is 0.506 e. The van der Waals surface area contributed by atoms with Gasteiger partial charge in [0.05, 0.1) is 0 Å². The van der Waals surface area contributed by atoms with Crippen LogP contribution in [0.3, 0.4) is 0 Å². The summed E-state index contributed by atoms with van der Waals surface area (Å²) in [5, 5.41) is 8.14. The van der Waals surface area contributed by atoms with E-state index >= 15 is 0 Å². The highest BCUT2D eigenvalue weighted by atomic mass is 32.2. The monoisotopic (exact) mass is 148 g/mol. The number of ether oxygens (including phenoxy) is 1. The minimum absolute atomic E-state index is 0.0949. The van der Waals surface area contributed by atoms with E-state index in [1.165, 1.54) is 0 Å². The molecule has 0 amide bonds. The molecular formula is C5H8O3S. The number of carboxylic acid groups (broad SMARTS) is 1. The van der Waals surface area contributed by atoms with Gasteiger partial charge in [0, 0.05) is 0 Å². The van der Waals surface area contributed by atoms with Gasteiger partial charge in [-0.25, -0.2) is 4.79 Å². The molecule has 1 atom stereocenters. The summed E-state index contributed by atoms with van der Waals surface area (Å²) in [6.45, 7) is 0. The molecule has 1 fully saturated rings. The number of hydrogen-bond acceptors (Lipinski definition) is 3. The molecule has 1 heterocycles. The first kappa shape index (κ1) is 6.74. The molecule has 9 heavy (non-hydrogen) atoms. The smallest absolute Gasteiger partial charge is 0.450 e. The molecule has 1 aliphatic heterocycles. The minimum Gasteiger partial charge on any atom is -0.450 e. The van der Waals surface area contributed by atoms with E-state index in [0.717, 1.165) is 18.6 Å².